The van der Waals surface area contributed by atoms with Crippen LogP contribution >= 0.6 is 23.2 Å². The van der Waals surface area contributed by atoms with E-state index in [0.29, 0.717) is 56.0 Å². The van der Waals surface area contributed by atoms with Gasteiger partial charge in [0.15, 0.2) is 0 Å². The van der Waals surface area contributed by atoms with E-state index in [0.717, 1.165) is 0 Å². The van der Waals surface area contributed by atoms with E-state index in [9.17, 15) is 23.1 Å². The Labute approximate surface area is 262 Å². The molecule has 1 spiro atoms. The first-order chi connectivity index (χ1) is 20.7. The molecular weight excluding hydrogens is 622 g/mol. The van der Waals surface area contributed by atoms with Crippen molar-refractivity contribution in [3.63, 3.8) is 0 Å². The van der Waals surface area contributed by atoms with Crippen LogP contribution in [0.3, 0.4) is 0 Å². The highest BCUT2D eigenvalue weighted by Gasteiger charge is 2.46. The van der Waals surface area contributed by atoms with E-state index in [1.165, 1.54) is 30.3 Å². The predicted octanol–water partition coefficient (Wildman–Crippen LogP) is 6.54. The summed E-state index contributed by atoms with van der Waals surface area (Å²) in [5, 5.41) is 12.9. The Hall–Kier alpha value is -3.48. The van der Waals surface area contributed by atoms with Crippen molar-refractivity contribution in [1.82, 2.24) is 15.3 Å². The van der Waals surface area contributed by atoms with Gasteiger partial charge < -0.3 is 30.5 Å². The highest BCUT2D eigenvalue weighted by molar-refractivity contribution is 6.32. The molecule has 2 aromatic carbocycles. The number of nitrogens with two attached hydrogens (primary N) is 1. The summed E-state index contributed by atoms with van der Waals surface area (Å²) >= 11 is 12.6. The number of rotatable bonds is 8. The molecule has 0 amide bonds. The van der Waals surface area contributed by atoms with Crippen molar-refractivity contribution in [3.05, 3.63) is 58.1 Å². The molecule has 9 nitrogen and oxygen atoms in total. The third-order valence-corrected chi connectivity index (χ3v) is 8.48. The van der Waals surface area contributed by atoms with Crippen LogP contribution in [-0.4, -0.2) is 59.0 Å². The van der Waals surface area contributed by atoms with Gasteiger partial charge in [-0.05, 0) is 73.9 Å². The van der Waals surface area contributed by atoms with E-state index in [2.05, 4.69) is 15.3 Å². The van der Waals surface area contributed by atoms with E-state index < -0.39 is 24.3 Å². The molecular formula is C30H32Cl2F3N5O4. The van der Waals surface area contributed by atoms with E-state index in [-0.39, 0.29) is 44.5 Å². The molecule has 0 bridgehead atoms. The molecule has 2 aliphatic heterocycles. The lowest BCUT2D eigenvalue weighted by Crippen LogP contribution is -2.41. The average molecular weight is 655 g/mol. The van der Waals surface area contributed by atoms with Crippen molar-refractivity contribution in [3.8, 4) is 22.8 Å². The zero-order valence-electron chi connectivity index (χ0n) is 24.0. The van der Waals surface area contributed by atoms with Gasteiger partial charge >= 0.3 is 12.1 Å². The van der Waals surface area contributed by atoms with Crippen molar-refractivity contribution in [2.75, 3.05) is 30.3 Å². The number of carboxylic acid groups (broad SMARTS) is 1. The number of halogens is 5. The quantitative estimate of drug-likeness (QED) is 0.249. The second-order valence-corrected chi connectivity index (χ2v) is 12.3. The Morgan fingerprint density at radius 3 is 2.45 bits per heavy atom. The number of benzene rings is 2. The molecule has 5 rings (SSSR count). The summed E-state index contributed by atoms with van der Waals surface area (Å²) in [6.07, 6.45) is -5.53. The van der Waals surface area contributed by atoms with Gasteiger partial charge in [0.05, 0.1) is 11.1 Å². The highest BCUT2D eigenvalue weighted by atomic mass is 35.5. The van der Waals surface area contributed by atoms with Crippen LogP contribution in [0, 0.1) is 5.41 Å². The number of carboxylic acids is 1. The second-order valence-electron chi connectivity index (χ2n) is 11.5. The number of nitrogens with zero attached hydrogens (tertiary/aromatic N) is 3. The monoisotopic (exact) mass is 653 g/mol. The number of anilines is 2. The van der Waals surface area contributed by atoms with Gasteiger partial charge in [0.25, 0.3) is 0 Å². The number of hydrogen-bond donors (Lipinski definition) is 3. The van der Waals surface area contributed by atoms with Crippen molar-refractivity contribution in [2.45, 2.75) is 57.5 Å². The van der Waals surface area contributed by atoms with Gasteiger partial charge in [-0.2, -0.15) is 23.1 Å². The minimum absolute atomic E-state index is 0.150. The molecule has 0 saturated carbocycles. The molecule has 1 aromatic heterocycles. The highest BCUT2D eigenvalue weighted by Crippen LogP contribution is 2.44. The number of nitrogen functional groups attached to an aromatic ring is 1. The molecule has 3 aromatic rings. The lowest BCUT2D eigenvalue weighted by molar-refractivity contribution is -0.198. The Kier molecular flexibility index (Phi) is 9.06. The fourth-order valence-electron chi connectivity index (χ4n) is 5.79. The summed E-state index contributed by atoms with van der Waals surface area (Å²) in [5.74, 6) is -0.735. The number of aromatic nitrogens is 2. The summed E-state index contributed by atoms with van der Waals surface area (Å²) in [6.45, 7) is 5.30. The zero-order chi connectivity index (χ0) is 31.8. The summed E-state index contributed by atoms with van der Waals surface area (Å²) in [6, 6.07) is 9.51. The first-order valence-corrected chi connectivity index (χ1v) is 14.8. The van der Waals surface area contributed by atoms with Crippen LogP contribution in [0.15, 0.2) is 42.5 Å². The SMILES string of the molecule is CC(C)Oc1ccc(-c2cc(Cl)ccc2[C@@H](Oc2cc(N3CCC4(CC3)CNC(C(=O)O)C4)nc(N)n2)C(F)(F)F)cc1Cl. The number of alkyl halides is 3. The standard InChI is InChI=1S/C30H32Cl2F3N5O4/c1-16(2)43-23-6-3-17(11-21(23)32)20-12-18(31)4-5-19(20)26(30(33,34)35)44-25-13-24(38-28(36)39-25)40-9-7-29(8-10-40)14-22(27(41)42)37-15-29/h3-6,11-13,16,22,26,37H,7-10,14-15H2,1-2H3,(H,41,42)(H2,36,38,39)/t22?,26-/m1/s1. The molecule has 0 radical (unpaired) electrons. The number of ether oxygens (including phenoxy) is 2. The maximum atomic E-state index is 14.7. The smallest absolute Gasteiger partial charge is 0.429 e. The zero-order valence-corrected chi connectivity index (χ0v) is 25.5. The van der Waals surface area contributed by atoms with Crippen LogP contribution in [0.1, 0.15) is 44.8 Å². The molecule has 2 fully saturated rings. The molecule has 44 heavy (non-hydrogen) atoms. The third kappa shape index (κ3) is 7.08. The Morgan fingerprint density at radius 2 is 1.84 bits per heavy atom. The van der Waals surface area contributed by atoms with Gasteiger partial charge in [0, 0.05) is 36.3 Å². The molecule has 14 heteroatoms. The van der Waals surface area contributed by atoms with Crippen LogP contribution in [0.4, 0.5) is 24.9 Å². The van der Waals surface area contributed by atoms with Gasteiger partial charge in [0.2, 0.25) is 17.9 Å². The summed E-state index contributed by atoms with van der Waals surface area (Å²) in [4.78, 5) is 21.5. The number of carbonyl (C=O) groups is 1. The molecule has 3 heterocycles. The van der Waals surface area contributed by atoms with Gasteiger partial charge in [-0.3, -0.25) is 4.79 Å². The first kappa shape index (κ1) is 31.9. The Bertz CT molecular complexity index is 1530. The van der Waals surface area contributed by atoms with Crippen LogP contribution in [0.5, 0.6) is 11.6 Å². The fraction of sp³-hybridized carbons (Fsp3) is 0.433. The molecule has 2 saturated heterocycles. The Morgan fingerprint density at radius 1 is 1.11 bits per heavy atom. The summed E-state index contributed by atoms with van der Waals surface area (Å²) in [5.41, 5.74) is 6.13. The lowest BCUT2D eigenvalue weighted by Gasteiger charge is -2.39. The molecule has 0 aliphatic carbocycles. The molecule has 2 aliphatic rings. The maximum Gasteiger partial charge on any atom is 0.429 e. The Balaban J connectivity index is 1.42. The molecule has 236 valence electrons. The van der Waals surface area contributed by atoms with Crippen LogP contribution in [-0.2, 0) is 4.79 Å². The molecule has 2 atom stereocenters. The number of piperidine rings is 1. The van der Waals surface area contributed by atoms with Gasteiger partial charge in [-0.15, -0.1) is 0 Å². The number of nitrogens with one attached hydrogen (secondary N) is 1. The van der Waals surface area contributed by atoms with Crippen molar-refractivity contribution in [2.24, 2.45) is 5.41 Å². The fourth-order valence-corrected chi connectivity index (χ4v) is 6.18. The maximum absolute atomic E-state index is 14.7. The number of hydrogen-bond acceptors (Lipinski definition) is 8. The van der Waals surface area contributed by atoms with Gasteiger partial charge in [-0.25, -0.2) is 0 Å². The normalized spacial score (nSPS) is 18.9. The minimum atomic E-state index is -4.85. The average Bonchev–Trinajstić information content (AvgIpc) is 3.36. The second kappa shape index (κ2) is 12.5. The van der Waals surface area contributed by atoms with Crippen LogP contribution < -0.4 is 25.4 Å². The third-order valence-electron chi connectivity index (χ3n) is 7.95. The van der Waals surface area contributed by atoms with Gasteiger partial charge in [-0.1, -0.05) is 35.3 Å². The van der Waals surface area contributed by atoms with Crippen molar-refractivity contribution < 1.29 is 32.5 Å². The first-order valence-electron chi connectivity index (χ1n) is 14.1. The summed E-state index contributed by atoms with van der Waals surface area (Å²) in [7, 11) is 0. The van der Waals surface area contributed by atoms with Crippen molar-refractivity contribution in [1.29, 1.82) is 0 Å². The van der Waals surface area contributed by atoms with E-state index >= 15 is 0 Å². The molecule has 1 unspecified atom stereocenters. The van der Waals surface area contributed by atoms with Crippen molar-refractivity contribution >= 4 is 40.9 Å². The molecule has 4 N–H and O–H groups in total. The minimum Gasteiger partial charge on any atom is -0.489 e. The lowest BCUT2D eigenvalue weighted by atomic mass is 9.76. The largest absolute Gasteiger partial charge is 0.489 e. The topological polar surface area (TPSA) is 123 Å². The van der Waals surface area contributed by atoms with Crippen LogP contribution in [0.25, 0.3) is 11.1 Å². The van der Waals surface area contributed by atoms with E-state index in [1.807, 2.05) is 18.7 Å². The summed E-state index contributed by atoms with van der Waals surface area (Å²) < 4.78 is 55.2. The van der Waals surface area contributed by atoms with E-state index in [1.54, 1.807) is 12.1 Å². The van der Waals surface area contributed by atoms with E-state index in [4.69, 9.17) is 38.4 Å². The van der Waals surface area contributed by atoms with Crippen LogP contribution in [0.2, 0.25) is 10.0 Å². The predicted molar refractivity (Wildman–Crippen MR) is 161 cm³/mol. The number of aliphatic carboxylic acids is 1. The van der Waals surface area contributed by atoms with Gasteiger partial charge in [0.1, 0.15) is 17.6 Å².